The molecular formula is C8H16NO3. The summed E-state index contributed by atoms with van der Waals surface area (Å²) < 4.78 is 0. The fourth-order valence-electron chi connectivity index (χ4n) is 1.68. The maximum Gasteiger partial charge on any atom is 0.0802 e. The monoisotopic (exact) mass is 174 g/mol. The average molecular weight is 174 g/mol. The van der Waals surface area contributed by atoms with Gasteiger partial charge < -0.3 is 15.3 Å². The highest BCUT2D eigenvalue weighted by Crippen LogP contribution is 2.26. The van der Waals surface area contributed by atoms with Crippen LogP contribution in [0.15, 0.2) is 0 Å². The fraction of sp³-hybridized carbons (Fsp3) is 1.00. The Bertz CT molecular complexity index is 142. The van der Waals surface area contributed by atoms with E-state index >= 15 is 0 Å². The largest absolute Gasteiger partial charge is 0.391 e. The molecule has 4 nitrogen and oxygen atoms in total. The minimum absolute atomic E-state index is 0.0131. The van der Waals surface area contributed by atoms with Crippen LogP contribution in [-0.4, -0.2) is 40.2 Å². The lowest BCUT2D eigenvalue weighted by atomic mass is 9.82. The second-order valence-electron chi connectivity index (χ2n) is 3.48. The summed E-state index contributed by atoms with van der Waals surface area (Å²) in [4.78, 5) is 0. The molecule has 4 atom stereocenters. The van der Waals surface area contributed by atoms with Gasteiger partial charge in [0.05, 0.1) is 18.3 Å². The number of rotatable bonds is 2. The molecule has 1 radical (unpaired) electrons. The van der Waals surface area contributed by atoms with Crippen LogP contribution in [0.4, 0.5) is 0 Å². The Morgan fingerprint density at radius 1 is 1.25 bits per heavy atom. The highest BCUT2D eigenvalue weighted by Gasteiger charge is 2.30. The molecule has 3 unspecified atom stereocenters. The third kappa shape index (κ3) is 2.17. The molecule has 4 N–H and O–H groups in total. The summed E-state index contributed by atoms with van der Waals surface area (Å²) in [6, 6.07) is 0. The summed E-state index contributed by atoms with van der Waals surface area (Å²) in [5.74, 6) is -0.0131. The van der Waals surface area contributed by atoms with Gasteiger partial charge in [-0.05, 0) is 25.2 Å². The summed E-state index contributed by atoms with van der Waals surface area (Å²) in [6.07, 6.45) is -0.348. The van der Waals surface area contributed by atoms with Crippen LogP contribution in [0.2, 0.25) is 0 Å². The molecule has 1 aliphatic carbocycles. The van der Waals surface area contributed by atoms with E-state index in [1.807, 2.05) is 0 Å². The third-order valence-electron chi connectivity index (χ3n) is 2.57. The van der Waals surface area contributed by atoms with Crippen LogP contribution in [0, 0.1) is 5.92 Å². The van der Waals surface area contributed by atoms with Crippen LogP contribution in [-0.2, 0) is 0 Å². The van der Waals surface area contributed by atoms with Crippen LogP contribution in [0.5, 0.6) is 0 Å². The standard InChI is InChI=1S/C8H16NO3/c9-4-8(12)5-1-2-6(10)7(11)3-5/h5-12H,1-4H2/t5?,6?,7?,8-/m0/s1. The molecule has 0 aromatic rings. The van der Waals surface area contributed by atoms with Crippen molar-refractivity contribution in [2.45, 2.75) is 37.6 Å². The molecule has 0 amide bonds. The molecule has 0 aliphatic heterocycles. The van der Waals surface area contributed by atoms with Gasteiger partial charge in [0, 0.05) is 6.54 Å². The first kappa shape index (κ1) is 9.92. The number of hydrogen-bond donors (Lipinski definition) is 3. The summed E-state index contributed by atoms with van der Waals surface area (Å²) in [5, 5.41) is 27.7. The first-order chi connectivity index (χ1) is 5.65. The minimum atomic E-state index is -0.718. The van der Waals surface area contributed by atoms with Crippen molar-refractivity contribution >= 4 is 0 Å². The highest BCUT2D eigenvalue weighted by molar-refractivity contribution is 4.82. The van der Waals surface area contributed by atoms with Crippen molar-refractivity contribution in [2.75, 3.05) is 6.54 Å². The van der Waals surface area contributed by atoms with Crippen LogP contribution >= 0.6 is 0 Å². The molecular weight excluding hydrogens is 158 g/mol. The Balaban J connectivity index is 2.39. The van der Waals surface area contributed by atoms with Crippen LogP contribution in [0.3, 0.4) is 0 Å². The second-order valence-corrected chi connectivity index (χ2v) is 3.48. The van der Waals surface area contributed by atoms with Crippen molar-refractivity contribution in [1.82, 2.24) is 5.73 Å². The first-order valence-corrected chi connectivity index (χ1v) is 4.34. The summed E-state index contributed by atoms with van der Waals surface area (Å²) >= 11 is 0. The van der Waals surface area contributed by atoms with Crippen molar-refractivity contribution in [2.24, 2.45) is 5.92 Å². The van der Waals surface area contributed by atoms with E-state index in [2.05, 4.69) is 0 Å². The Kier molecular flexibility index (Phi) is 3.46. The van der Waals surface area contributed by atoms with Gasteiger partial charge in [0.2, 0.25) is 0 Å². The van der Waals surface area contributed by atoms with Crippen molar-refractivity contribution in [3.8, 4) is 0 Å². The number of aliphatic hydroxyl groups is 3. The molecule has 0 spiro atoms. The van der Waals surface area contributed by atoms with Crippen LogP contribution in [0.25, 0.3) is 0 Å². The summed E-state index contributed by atoms with van der Waals surface area (Å²) in [6.45, 7) is -0.0204. The van der Waals surface area contributed by atoms with Gasteiger partial charge in [-0.3, -0.25) is 5.73 Å². The molecule has 12 heavy (non-hydrogen) atoms. The Labute approximate surface area is 72.0 Å². The zero-order valence-corrected chi connectivity index (χ0v) is 6.98. The van der Waals surface area contributed by atoms with Crippen molar-refractivity contribution in [1.29, 1.82) is 0 Å². The molecule has 0 bridgehead atoms. The smallest absolute Gasteiger partial charge is 0.0802 e. The van der Waals surface area contributed by atoms with E-state index < -0.39 is 18.3 Å². The number of aliphatic hydroxyl groups excluding tert-OH is 3. The molecule has 1 saturated carbocycles. The van der Waals surface area contributed by atoms with Crippen molar-refractivity contribution in [3.63, 3.8) is 0 Å². The number of nitrogens with one attached hydrogen (secondary N) is 1. The SMILES string of the molecule is [NH]C[C@H](O)C1CCC(O)C(O)C1. The van der Waals surface area contributed by atoms with E-state index in [1.165, 1.54) is 0 Å². The quantitative estimate of drug-likeness (QED) is 0.510. The lowest BCUT2D eigenvalue weighted by Crippen LogP contribution is -2.39. The molecule has 1 fully saturated rings. The maximum atomic E-state index is 9.31. The zero-order chi connectivity index (χ0) is 9.14. The van der Waals surface area contributed by atoms with E-state index in [0.717, 1.165) is 0 Å². The van der Waals surface area contributed by atoms with Gasteiger partial charge in [-0.2, -0.15) is 0 Å². The number of hydrogen-bond acceptors (Lipinski definition) is 3. The molecule has 71 valence electrons. The minimum Gasteiger partial charge on any atom is -0.391 e. The first-order valence-electron chi connectivity index (χ1n) is 4.34. The Morgan fingerprint density at radius 2 is 1.92 bits per heavy atom. The fourth-order valence-corrected chi connectivity index (χ4v) is 1.68. The Hall–Kier alpha value is -0.160. The van der Waals surface area contributed by atoms with E-state index in [0.29, 0.717) is 19.3 Å². The maximum absolute atomic E-state index is 9.31. The lowest BCUT2D eigenvalue weighted by Gasteiger charge is -2.32. The predicted octanol–water partition coefficient (Wildman–Crippen LogP) is -0.848. The molecule has 1 rings (SSSR count). The Morgan fingerprint density at radius 3 is 2.42 bits per heavy atom. The van der Waals surface area contributed by atoms with Gasteiger partial charge in [0.25, 0.3) is 0 Å². The van der Waals surface area contributed by atoms with E-state index in [9.17, 15) is 15.3 Å². The van der Waals surface area contributed by atoms with Crippen LogP contribution < -0.4 is 5.73 Å². The van der Waals surface area contributed by atoms with Gasteiger partial charge in [-0.25, -0.2) is 0 Å². The third-order valence-corrected chi connectivity index (χ3v) is 2.57. The lowest BCUT2D eigenvalue weighted by molar-refractivity contribution is -0.0479. The summed E-state index contributed by atoms with van der Waals surface area (Å²) in [7, 11) is 0. The predicted molar refractivity (Wildman–Crippen MR) is 43.3 cm³/mol. The normalized spacial score (nSPS) is 39.5. The van der Waals surface area contributed by atoms with Gasteiger partial charge in [0.15, 0.2) is 0 Å². The second kappa shape index (κ2) is 4.18. The molecule has 4 heteroatoms. The van der Waals surface area contributed by atoms with Gasteiger partial charge in [-0.1, -0.05) is 0 Å². The molecule has 0 saturated heterocycles. The average Bonchev–Trinajstić information content (AvgIpc) is 2.08. The van der Waals surface area contributed by atoms with Gasteiger partial charge in [-0.15, -0.1) is 0 Å². The summed E-state index contributed by atoms with van der Waals surface area (Å²) in [5.41, 5.74) is 6.97. The molecule has 1 aliphatic rings. The molecule has 0 aromatic carbocycles. The van der Waals surface area contributed by atoms with E-state index in [1.54, 1.807) is 0 Å². The van der Waals surface area contributed by atoms with E-state index in [4.69, 9.17) is 5.73 Å². The zero-order valence-electron chi connectivity index (χ0n) is 6.98. The molecule has 0 aromatic heterocycles. The molecule has 0 heterocycles. The topological polar surface area (TPSA) is 84.5 Å². The van der Waals surface area contributed by atoms with Gasteiger partial charge in [0.1, 0.15) is 0 Å². The van der Waals surface area contributed by atoms with E-state index in [-0.39, 0.29) is 12.5 Å². The van der Waals surface area contributed by atoms with Gasteiger partial charge >= 0.3 is 0 Å². The highest BCUT2D eigenvalue weighted by atomic mass is 16.3. The van der Waals surface area contributed by atoms with Crippen molar-refractivity contribution < 1.29 is 15.3 Å². The van der Waals surface area contributed by atoms with Crippen molar-refractivity contribution in [3.05, 3.63) is 0 Å². The van der Waals surface area contributed by atoms with Crippen LogP contribution in [0.1, 0.15) is 19.3 Å².